The Balaban J connectivity index is 2.39. The maximum absolute atomic E-state index is 5.90. The highest BCUT2D eigenvalue weighted by molar-refractivity contribution is 5.81. The molecule has 0 aliphatic carbocycles. The molecule has 0 saturated heterocycles. The molecule has 1 atom stereocenters. The van der Waals surface area contributed by atoms with Crippen molar-refractivity contribution >= 4 is 5.96 Å². The average molecular weight is 217 g/mol. The third kappa shape index (κ3) is 1.56. The third-order valence-electron chi connectivity index (χ3n) is 3.46. The predicted octanol–water partition coefficient (Wildman–Crippen LogP) is 1.94. The first-order valence-corrected chi connectivity index (χ1v) is 5.80. The summed E-state index contributed by atoms with van der Waals surface area (Å²) >= 11 is 0. The lowest BCUT2D eigenvalue weighted by atomic mass is 9.85. The van der Waals surface area contributed by atoms with Crippen molar-refractivity contribution in [3.05, 3.63) is 35.9 Å². The van der Waals surface area contributed by atoms with Gasteiger partial charge in [0, 0.05) is 7.05 Å². The van der Waals surface area contributed by atoms with Gasteiger partial charge in [-0.2, -0.15) is 0 Å². The van der Waals surface area contributed by atoms with Gasteiger partial charge in [0.1, 0.15) is 0 Å². The molecule has 3 heteroatoms. The zero-order chi connectivity index (χ0) is 11.6. The fraction of sp³-hybridized carbons (Fsp3) is 0.462. The van der Waals surface area contributed by atoms with Crippen LogP contribution in [0, 0.1) is 0 Å². The van der Waals surface area contributed by atoms with E-state index in [1.165, 1.54) is 5.56 Å². The molecular formula is C13H19N3. The molecule has 0 saturated carbocycles. The number of nitrogens with zero attached hydrogens (tertiary/aromatic N) is 2. The van der Waals surface area contributed by atoms with Crippen LogP contribution >= 0.6 is 0 Å². The number of hydrogen-bond acceptors (Lipinski definition) is 3. The number of rotatable bonds is 3. The van der Waals surface area contributed by atoms with E-state index in [4.69, 9.17) is 5.73 Å². The van der Waals surface area contributed by atoms with Crippen molar-refractivity contribution in [3.8, 4) is 0 Å². The number of guanidine groups is 1. The zero-order valence-corrected chi connectivity index (χ0v) is 9.98. The van der Waals surface area contributed by atoms with Gasteiger partial charge in [0.25, 0.3) is 0 Å². The van der Waals surface area contributed by atoms with Crippen LogP contribution in [0.4, 0.5) is 0 Å². The largest absolute Gasteiger partial charge is 0.370 e. The lowest BCUT2D eigenvalue weighted by Gasteiger charge is -2.37. The predicted molar refractivity (Wildman–Crippen MR) is 67.3 cm³/mol. The average Bonchev–Trinajstić information content (AvgIpc) is 2.60. The Morgan fingerprint density at radius 2 is 2.06 bits per heavy atom. The van der Waals surface area contributed by atoms with Crippen LogP contribution in [0.2, 0.25) is 0 Å². The Labute approximate surface area is 97.0 Å². The van der Waals surface area contributed by atoms with Gasteiger partial charge in [-0.1, -0.05) is 43.7 Å². The fourth-order valence-corrected chi connectivity index (χ4v) is 2.48. The standard InChI is InChI=1S/C13H19N3/c1-3-9-13(10-15-12(14)16(13)2)11-7-5-4-6-8-11/h4-8H,3,9-10H2,1-2H3,(H2,14,15). The molecule has 0 spiro atoms. The molecular weight excluding hydrogens is 198 g/mol. The summed E-state index contributed by atoms with van der Waals surface area (Å²) in [6.45, 7) is 2.97. The molecule has 2 rings (SSSR count). The molecule has 1 aromatic carbocycles. The van der Waals surface area contributed by atoms with Crippen LogP contribution in [0.3, 0.4) is 0 Å². The molecule has 0 bridgehead atoms. The van der Waals surface area contributed by atoms with Crippen molar-refractivity contribution in [1.82, 2.24) is 4.90 Å². The van der Waals surface area contributed by atoms with E-state index < -0.39 is 0 Å². The third-order valence-corrected chi connectivity index (χ3v) is 3.46. The number of aliphatic imine (C=N–C) groups is 1. The minimum atomic E-state index is -0.0277. The molecule has 16 heavy (non-hydrogen) atoms. The Kier molecular flexibility index (Phi) is 2.86. The fourth-order valence-electron chi connectivity index (χ4n) is 2.48. The minimum absolute atomic E-state index is 0.0277. The topological polar surface area (TPSA) is 41.6 Å². The van der Waals surface area contributed by atoms with E-state index in [9.17, 15) is 0 Å². The second kappa shape index (κ2) is 4.16. The van der Waals surface area contributed by atoms with Gasteiger partial charge in [0.15, 0.2) is 5.96 Å². The van der Waals surface area contributed by atoms with E-state index in [-0.39, 0.29) is 5.54 Å². The molecule has 2 N–H and O–H groups in total. The summed E-state index contributed by atoms with van der Waals surface area (Å²) in [4.78, 5) is 6.50. The van der Waals surface area contributed by atoms with E-state index >= 15 is 0 Å². The molecule has 1 aliphatic heterocycles. The normalized spacial score (nSPS) is 24.6. The molecule has 0 fully saturated rings. The summed E-state index contributed by atoms with van der Waals surface area (Å²) in [7, 11) is 2.04. The van der Waals surface area contributed by atoms with Gasteiger partial charge in [-0.15, -0.1) is 0 Å². The van der Waals surface area contributed by atoms with E-state index in [0.717, 1.165) is 19.4 Å². The van der Waals surface area contributed by atoms with Gasteiger partial charge in [0.05, 0.1) is 12.1 Å². The lowest BCUT2D eigenvalue weighted by molar-refractivity contribution is 0.219. The summed E-state index contributed by atoms with van der Waals surface area (Å²) in [5.74, 6) is 0.650. The molecule has 1 aromatic rings. The number of hydrogen-bond donors (Lipinski definition) is 1. The molecule has 0 radical (unpaired) electrons. The van der Waals surface area contributed by atoms with Crippen LogP contribution in [-0.4, -0.2) is 24.5 Å². The van der Waals surface area contributed by atoms with E-state index in [1.807, 2.05) is 13.1 Å². The second-order valence-electron chi connectivity index (χ2n) is 4.38. The van der Waals surface area contributed by atoms with E-state index in [2.05, 4.69) is 41.1 Å². The quantitative estimate of drug-likeness (QED) is 0.840. The summed E-state index contributed by atoms with van der Waals surface area (Å²) < 4.78 is 0. The van der Waals surface area contributed by atoms with Gasteiger partial charge in [-0.25, -0.2) is 0 Å². The highest BCUT2D eigenvalue weighted by atomic mass is 15.3. The van der Waals surface area contributed by atoms with Crippen LogP contribution in [-0.2, 0) is 5.54 Å². The van der Waals surface area contributed by atoms with Crippen LogP contribution in [0.5, 0.6) is 0 Å². The Hall–Kier alpha value is -1.51. The highest BCUT2D eigenvalue weighted by Crippen LogP contribution is 2.35. The number of nitrogens with two attached hydrogens (primary N) is 1. The first-order valence-electron chi connectivity index (χ1n) is 5.80. The SMILES string of the molecule is CCCC1(c2ccccc2)CN=C(N)N1C. The Bertz CT molecular complexity index is 385. The number of benzene rings is 1. The molecule has 0 amide bonds. The monoisotopic (exact) mass is 217 g/mol. The number of likely N-dealkylation sites (N-methyl/N-ethyl adjacent to an activating group) is 1. The first-order chi connectivity index (χ1) is 7.70. The van der Waals surface area contributed by atoms with Gasteiger partial charge in [-0.3, -0.25) is 4.99 Å². The molecule has 1 heterocycles. The molecule has 1 unspecified atom stereocenters. The maximum atomic E-state index is 5.90. The van der Waals surface area contributed by atoms with Crippen LogP contribution in [0.25, 0.3) is 0 Å². The summed E-state index contributed by atoms with van der Waals surface area (Å²) in [5, 5.41) is 0. The Morgan fingerprint density at radius 1 is 1.38 bits per heavy atom. The zero-order valence-electron chi connectivity index (χ0n) is 9.98. The van der Waals surface area contributed by atoms with Gasteiger partial charge < -0.3 is 10.6 Å². The van der Waals surface area contributed by atoms with Crippen LogP contribution in [0.15, 0.2) is 35.3 Å². The molecule has 1 aliphatic rings. The highest BCUT2D eigenvalue weighted by Gasteiger charge is 2.40. The van der Waals surface area contributed by atoms with Crippen LogP contribution < -0.4 is 5.73 Å². The van der Waals surface area contributed by atoms with E-state index in [1.54, 1.807) is 0 Å². The van der Waals surface area contributed by atoms with Gasteiger partial charge in [0.2, 0.25) is 0 Å². The Morgan fingerprint density at radius 3 is 2.56 bits per heavy atom. The maximum Gasteiger partial charge on any atom is 0.191 e. The van der Waals surface area contributed by atoms with Crippen LogP contribution in [0.1, 0.15) is 25.3 Å². The van der Waals surface area contributed by atoms with Crippen molar-refractivity contribution < 1.29 is 0 Å². The smallest absolute Gasteiger partial charge is 0.191 e. The van der Waals surface area contributed by atoms with Crippen molar-refractivity contribution in [3.63, 3.8) is 0 Å². The van der Waals surface area contributed by atoms with Crippen molar-refractivity contribution in [2.45, 2.75) is 25.3 Å². The van der Waals surface area contributed by atoms with E-state index in [0.29, 0.717) is 5.96 Å². The molecule has 86 valence electrons. The van der Waals surface area contributed by atoms with Crippen molar-refractivity contribution in [2.24, 2.45) is 10.7 Å². The minimum Gasteiger partial charge on any atom is -0.370 e. The summed E-state index contributed by atoms with van der Waals surface area (Å²) in [6.07, 6.45) is 2.21. The first kappa shape index (κ1) is 11.0. The van der Waals surface area contributed by atoms with Gasteiger partial charge >= 0.3 is 0 Å². The summed E-state index contributed by atoms with van der Waals surface area (Å²) in [5.41, 5.74) is 7.18. The van der Waals surface area contributed by atoms with Crippen molar-refractivity contribution in [1.29, 1.82) is 0 Å². The second-order valence-corrected chi connectivity index (χ2v) is 4.38. The molecule has 0 aromatic heterocycles. The van der Waals surface area contributed by atoms with Gasteiger partial charge in [-0.05, 0) is 12.0 Å². The lowest BCUT2D eigenvalue weighted by Crippen LogP contribution is -2.46. The summed E-state index contributed by atoms with van der Waals surface area (Å²) in [6, 6.07) is 10.5. The molecule has 3 nitrogen and oxygen atoms in total. The van der Waals surface area contributed by atoms with Crippen molar-refractivity contribution in [2.75, 3.05) is 13.6 Å².